The number of carbonyl (C=O) groups is 1. The Balaban J connectivity index is 1.96. The van der Waals surface area contributed by atoms with Crippen LogP contribution in [0.15, 0.2) is 56.8 Å². The molecule has 0 radical (unpaired) electrons. The average molecular weight is 493 g/mol. The number of halogens is 2. The molecule has 160 valence electrons. The van der Waals surface area contributed by atoms with E-state index in [1.807, 2.05) is 17.5 Å². The van der Waals surface area contributed by atoms with Gasteiger partial charge >= 0.3 is 5.97 Å². The van der Waals surface area contributed by atoms with Gasteiger partial charge in [-0.1, -0.05) is 46.7 Å². The third-order valence-electron chi connectivity index (χ3n) is 4.67. The van der Waals surface area contributed by atoms with E-state index < -0.39 is 12.0 Å². The SMILES string of the molecule is CC1=C(C(=O)OC(C)C)[C@H](c2cccs2)n2c(s/c(=C\c3c(Cl)cccc3Cl)c2=O)=N1. The highest BCUT2D eigenvalue weighted by atomic mass is 35.5. The summed E-state index contributed by atoms with van der Waals surface area (Å²) in [5.74, 6) is -0.474. The molecule has 0 N–H and O–H groups in total. The van der Waals surface area contributed by atoms with Crippen molar-refractivity contribution in [1.82, 2.24) is 4.57 Å². The van der Waals surface area contributed by atoms with Crippen LogP contribution in [0.3, 0.4) is 0 Å². The number of fused-ring (bicyclic) bond motifs is 1. The molecule has 2 aromatic heterocycles. The number of thiazole rings is 1. The molecule has 0 amide bonds. The number of hydrogen-bond acceptors (Lipinski definition) is 6. The molecule has 4 rings (SSSR count). The zero-order valence-electron chi connectivity index (χ0n) is 16.9. The molecule has 1 aliphatic heterocycles. The fourth-order valence-electron chi connectivity index (χ4n) is 3.36. The number of rotatable bonds is 4. The van der Waals surface area contributed by atoms with Crippen molar-refractivity contribution in [3.8, 4) is 0 Å². The first-order valence-corrected chi connectivity index (χ1v) is 11.9. The summed E-state index contributed by atoms with van der Waals surface area (Å²) in [7, 11) is 0. The fraction of sp³-hybridized carbons (Fsp3) is 0.227. The molecule has 1 atom stereocenters. The number of allylic oxidation sites excluding steroid dienone is 1. The van der Waals surface area contributed by atoms with Gasteiger partial charge in [-0.2, -0.15) is 0 Å². The van der Waals surface area contributed by atoms with E-state index in [0.717, 1.165) is 4.88 Å². The van der Waals surface area contributed by atoms with Gasteiger partial charge in [0.1, 0.15) is 6.04 Å². The molecule has 5 nitrogen and oxygen atoms in total. The smallest absolute Gasteiger partial charge is 0.338 e. The number of benzene rings is 1. The quantitative estimate of drug-likeness (QED) is 0.501. The van der Waals surface area contributed by atoms with E-state index in [1.165, 1.54) is 22.7 Å². The highest BCUT2D eigenvalue weighted by Gasteiger charge is 2.34. The summed E-state index contributed by atoms with van der Waals surface area (Å²) in [6.45, 7) is 5.34. The Labute approximate surface area is 196 Å². The topological polar surface area (TPSA) is 60.7 Å². The molecule has 0 spiro atoms. The van der Waals surface area contributed by atoms with E-state index in [9.17, 15) is 9.59 Å². The van der Waals surface area contributed by atoms with E-state index in [4.69, 9.17) is 27.9 Å². The van der Waals surface area contributed by atoms with Crippen molar-refractivity contribution in [3.63, 3.8) is 0 Å². The zero-order chi connectivity index (χ0) is 22.3. The Morgan fingerprint density at radius 2 is 1.94 bits per heavy atom. The van der Waals surface area contributed by atoms with Crippen LogP contribution in [0, 0.1) is 0 Å². The van der Waals surface area contributed by atoms with Crippen molar-refractivity contribution in [2.75, 3.05) is 0 Å². The van der Waals surface area contributed by atoms with Crippen molar-refractivity contribution in [3.05, 3.63) is 87.2 Å². The van der Waals surface area contributed by atoms with Crippen LogP contribution in [-0.4, -0.2) is 16.6 Å². The van der Waals surface area contributed by atoms with E-state index >= 15 is 0 Å². The van der Waals surface area contributed by atoms with Gasteiger partial charge in [0.15, 0.2) is 4.80 Å². The van der Waals surface area contributed by atoms with Gasteiger partial charge in [-0.05, 0) is 50.4 Å². The number of esters is 1. The number of carbonyl (C=O) groups excluding carboxylic acids is 1. The lowest BCUT2D eigenvalue weighted by Crippen LogP contribution is -2.39. The fourth-order valence-corrected chi connectivity index (χ4v) is 5.71. The molecule has 0 aliphatic carbocycles. The second-order valence-electron chi connectivity index (χ2n) is 7.19. The van der Waals surface area contributed by atoms with Crippen LogP contribution in [0.1, 0.15) is 37.3 Å². The molecule has 1 aromatic carbocycles. The average Bonchev–Trinajstić information content (AvgIpc) is 3.32. The van der Waals surface area contributed by atoms with Crippen LogP contribution in [0.5, 0.6) is 0 Å². The first-order chi connectivity index (χ1) is 14.8. The Kier molecular flexibility index (Phi) is 6.21. The highest BCUT2D eigenvalue weighted by molar-refractivity contribution is 7.10. The summed E-state index contributed by atoms with van der Waals surface area (Å²) >= 11 is 15.3. The predicted molar refractivity (Wildman–Crippen MR) is 126 cm³/mol. The van der Waals surface area contributed by atoms with Crippen molar-refractivity contribution < 1.29 is 9.53 Å². The van der Waals surface area contributed by atoms with Gasteiger partial charge < -0.3 is 4.74 Å². The van der Waals surface area contributed by atoms with Crippen molar-refractivity contribution in [2.24, 2.45) is 4.99 Å². The molecule has 3 aromatic rings. The summed E-state index contributed by atoms with van der Waals surface area (Å²) in [6.07, 6.45) is 1.38. The summed E-state index contributed by atoms with van der Waals surface area (Å²) in [5, 5.41) is 2.81. The van der Waals surface area contributed by atoms with Crippen LogP contribution in [0.25, 0.3) is 6.08 Å². The zero-order valence-corrected chi connectivity index (χ0v) is 20.0. The van der Waals surface area contributed by atoms with Crippen LogP contribution in [0.4, 0.5) is 0 Å². The lowest BCUT2D eigenvalue weighted by molar-refractivity contribution is -0.143. The number of ether oxygens (including phenoxy) is 1. The first-order valence-electron chi connectivity index (χ1n) is 9.49. The minimum Gasteiger partial charge on any atom is -0.459 e. The van der Waals surface area contributed by atoms with E-state index in [2.05, 4.69) is 4.99 Å². The number of hydrogen-bond donors (Lipinski definition) is 0. The normalized spacial score (nSPS) is 16.5. The van der Waals surface area contributed by atoms with Crippen LogP contribution < -0.4 is 14.9 Å². The van der Waals surface area contributed by atoms with E-state index in [-0.39, 0.29) is 11.7 Å². The van der Waals surface area contributed by atoms with Gasteiger partial charge in [-0.3, -0.25) is 9.36 Å². The van der Waals surface area contributed by atoms with Crippen molar-refractivity contribution in [1.29, 1.82) is 0 Å². The molecule has 31 heavy (non-hydrogen) atoms. The number of aromatic nitrogens is 1. The molecular formula is C22H18Cl2N2O3S2. The molecule has 3 heterocycles. The molecule has 0 saturated heterocycles. The molecule has 0 saturated carbocycles. The maximum atomic E-state index is 13.5. The Morgan fingerprint density at radius 3 is 2.55 bits per heavy atom. The van der Waals surface area contributed by atoms with Gasteiger partial charge in [-0.15, -0.1) is 11.3 Å². The van der Waals surface area contributed by atoms with Crippen molar-refractivity contribution >= 4 is 57.9 Å². The minimum absolute atomic E-state index is 0.263. The lowest BCUT2D eigenvalue weighted by Gasteiger charge is -2.24. The van der Waals surface area contributed by atoms with Gasteiger partial charge in [0, 0.05) is 20.5 Å². The third-order valence-corrected chi connectivity index (χ3v) is 7.24. The maximum Gasteiger partial charge on any atom is 0.338 e. The molecular weight excluding hydrogens is 475 g/mol. The van der Waals surface area contributed by atoms with Gasteiger partial charge in [0.25, 0.3) is 5.56 Å². The van der Waals surface area contributed by atoms with E-state index in [1.54, 1.807) is 49.6 Å². The Hall–Kier alpha value is -2.19. The van der Waals surface area contributed by atoms with Crippen LogP contribution in [-0.2, 0) is 9.53 Å². The van der Waals surface area contributed by atoms with Gasteiger partial charge in [0.05, 0.1) is 21.9 Å². The Bertz CT molecular complexity index is 1350. The summed E-state index contributed by atoms with van der Waals surface area (Å²) in [4.78, 5) is 32.3. The third kappa shape index (κ3) is 4.15. The summed E-state index contributed by atoms with van der Waals surface area (Å²) in [6, 6.07) is 8.37. The van der Waals surface area contributed by atoms with E-state index in [0.29, 0.717) is 36.2 Å². The standard InChI is InChI=1S/C22H18Cl2N2O3S2/c1-11(2)29-21(28)18-12(3)25-22-26(19(18)16-8-5-9-30-16)20(27)17(31-22)10-13-14(23)6-4-7-15(13)24/h4-11,19H,1-3H3/b17-10-/t19-/m0/s1. The van der Waals surface area contributed by atoms with Crippen LogP contribution >= 0.6 is 45.9 Å². The summed E-state index contributed by atoms with van der Waals surface area (Å²) < 4.78 is 7.45. The largest absolute Gasteiger partial charge is 0.459 e. The number of thiophene rings is 1. The molecule has 9 heteroatoms. The molecule has 0 unspecified atom stereocenters. The second kappa shape index (κ2) is 8.74. The molecule has 0 fully saturated rings. The van der Waals surface area contributed by atoms with Crippen LogP contribution in [0.2, 0.25) is 10.0 Å². The molecule has 1 aliphatic rings. The second-order valence-corrected chi connectivity index (χ2v) is 9.99. The minimum atomic E-state index is -0.605. The maximum absolute atomic E-state index is 13.5. The van der Waals surface area contributed by atoms with Gasteiger partial charge in [-0.25, -0.2) is 9.79 Å². The van der Waals surface area contributed by atoms with Crippen molar-refractivity contribution in [2.45, 2.75) is 32.9 Å². The predicted octanol–water partition coefficient (Wildman–Crippen LogP) is 4.56. The summed E-state index contributed by atoms with van der Waals surface area (Å²) in [5.41, 5.74) is 1.21. The monoisotopic (exact) mass is 492 g/mol. The van der Waals surface area contributed by atoms with Gasteiger partial charge in [0.2, 0.25) is 0 Å². The molecule has 0 bridgehead atoms. The highest BCUT2D eigenvalue weighted by Crippen LogP contribution is 2.33. The number of nitrogens with zero attached hydrogens (tertiary/aromatic N) is 2. The Morgan fingerprint density at radius 1 is 1.23 bits per heavy atom. The first kappa shape index (κ1) is 22.0. The lowest BCUT2D eigenvalue weighted by atomic mass is 10.0.